The minimum absolute atomic E-state index is 0.233. The first-order valence-electron chi connectivity index (χ1n) is 5.78. The Morgan fingerprint density at radius 1 is 1.38 bits per heavy atom. The Bertz CT molecular complexity index is 359. The molecule has 2 rings (SSSR count). The highest BCUT2D eigenvalue weighted by molar-refractivity contribution is 6.30. The van der Waals surface area contributed by atoms with Crippen LogP contribution in [0.1, 0.15) is 18.4 Å². The standard InChI is InChI=1S/C13H17ClFN/c1-16-7-5-10(6-8-16)9-11-3-2-4-12(14)13(11)15/h2-4,10H,5-9H2,1H3. The quantitative estimate of drug-likeness (QED) is 0.768. The molecule has 1 aromatic rings. The zero-order chi connectivity index (χ0) is 11.5. The molecule has 0 atom stereocenters. The van der Waals surface area contributed by atoms with Gasteiger partial charge in [-0.1, -0.05) is 23.7 Å². The lowest BCUT2D eigenvalue weighted by Gasteiger charge is -2.29. The number of hydrogen-bond acceptors (Lipinski definition) is 1. The molecule has 0 bridgehead atoms. The van der Waals surface area contributed by atoms with E-state index in [0.29, 0.717) is 5.92 Å². The number of piperidine rings is 1. The molecule has 1 aliphatic heterocycles. The van der Waals surface area contributed by atoms with Gasteiger partial charge in [0.1, 0.15) is 5.82 Å². The van der Waals surface area contributed by atoms with Crippen LogP contribution in [0.3, 0.4) is 0 Å². The summed E-state index contributed by atoms with van der Waals surface area (Å²) >= 11 is 5.77. The zero-order valence-corrected chi connectivity index (χ0v) is 10.3. The van der Waals surface area contributed by atoms with Crippen molar-refractivity contribution in [1.29, 1.82) is 0 Å². The fourth-order valence-corrected chi connectivity index (χ4v) is 2.48. The van der Waals surface area contributed by atoms with Gasteiger partial charge in [0.15, 0.2) is 0 Å². The highest BCUT2D eigenvalue weighted by Crippen LogP contribution is 2.25. The second kappa shape index (κ2) is 5.15. The van der Waals surface area contributed by atoms with Crippen LogP contribution in [-0.2, 0) is 6.42 Å². The molecule has 0 N–H and O–H groups in total. The molecule has 3 heteroatoms. The summed E-state index contributed by atoms with van der Waals surface area (Å²) in [6.45, 7) is 2.24. The first-order chi connectivity index (χ1) is 7.66. The maximum Gasteiger partial charge on any atom is 0.144 e. The lowest BCUT2D eigenvalue weighted by molar-refractivity contribution is 0.218. The molecule has 0 unspecified atom stereocenters. The van der Waals surface area contributed by atoms with Crippen molar-refractivity contribution in [1.82, 2.24) is 4.90 Å². The van der Waals surface area contributed by atoms with E-state index in [0.717, 1.165) is 37.9 Å². The monoisotopic (exact) mass is 241 g/mol. The number of hydrogen-bond donors (Lipinski definition) is 0. The van der Waals surface area contributed by atoms with E-state index in [1.165, 1.54) is 0 Å². The fraction of sp³-hybridized carbons (Fsp3) is 0.538. The number of rotatable bonds is 2. The van der Waals surface area contributed by atoms with E-state index in [9.17, 15) is 4.39 Å². The maximum absolute atomic E-state index is 13.7. The minimum atomic E-state index is -0.233. The first-order valence-corrected chi connectivity index (χ1v) is 6.16. The van der Waals surface area contributed by atoms with Gasteiger partial charge in [-0.25, -0.2) is 4.39 Å². The molecule has 1 aromatic carbocycles. The average molecular weight is 242 g/mol. The summed E-state index contributed by atoms with van der Waals surface area (Å²) in [5, 5.41) is 0.241. The van der Waals surface area contributed by atoms with Gasteiger partial charge in [-0.2, -0.15) is 0 Å². The van der Waals surface area contributed by atoms with Gasteiger partial charge in [0.25, 0.3) is 0 Å². The third kappa shape index (κ3) is 2.74. The molecule has 1 heterocycles. The van der Waals surface area contributed by atoms with Crippen molar-refractivity contribution in [3.63, 3.8) is 0 Å². The van der Waals surface area contributed by atoms with Crippen molar-refractivity contribution in [2.45, 2.75) is 19.3 Å². The van der Waals surface area contributed by atoms with E-state index in [1.807, 2.05) is 12.1 Å². The summed E-state index contributed by atoms with van der Waals surface area (Å²) < 4.78 is 13.7. The van der Waals surface area contributed by atoms with Gasteiger partial charge in [0.05, 0.1) is 5.02 Å². The molecule has 88 valence electrons. The molecular formula is C13H17ClFN. The van der Waals surface area contributed by atoms with Crippen molar-refractivity contribution in [3.05, 3.63) is 34.6 Å². The van der Waals surface area contributed by atoms with Crippen LogP contribution in [0.25, 0.3) is 0 Å². The highest BCUT2D eigenvalue weighted by atomic mass is 35.5. The molecular weight excluding hydrogens is 225 g/mol. The SMILES string of the molecule is CN1CCC(Cc2cccc(Cl)c2F)CC1. The topological polar surface area (TPSA) is 3.24 Å². The van der Waals surface area contributed by atoms with Crippen LogP contribution in [0, 0.1) is 11.7 Å². The Kier molecular flexibility index (Phi) is 3.82. The lowest BCUT2D eigenvalue weighted by Crippen LogP contribution is -2.31. The summed E-state index contributed by atoms with van der Waals surface area (Å²) in [6, 6.07) is 5.28. The molecule has 1 aliphatic rings. The predicted octanol–water partition coefficient (Wildman–Crippen LogP) is 3.36. The van der Waals surface area contributed by atoms with Crippen molar-refractivity contribution >= 4 is 11.6 Å². The molecule has 0 radical (unpaired) electrons. The molecule has 0 aliphatic carbocycles. The van der Waals surface area contributed by atoms with E-state index in [1.54, 1.807) is 6.07 Å². The van der Waals surface area contributed by atoms with Crippen LogP contribution in [0.15, 0.2) is 18.2 Å². The molecule has 0 amide bonds. The number of halogens is 2. The third-order valence-corrected chi connectivity index (χ3v) is 3.67. The molecule has 1 saturated heterocycles. The normalized spacial score (nSPS) is 18.9. The first kappa shape index (κ1) is 11.9. The minimum Gasteiger partial charge on any atom is -0.306 e. The van der Waals surface area contributed by atoms with E-state index in [2.05, 4.69) is 11.9 Å². The number of benzene rings is 1. The summed E-state index contributed by atoms with van der Waals surface area (Å²) in [5.74, 6) is 0.368. The zero-order valence-electron chi connectivity index (χ0n) is 9.55. The van der Waals surface area contributed by atoms with Gasteiger partial charge in [0.2, 0.25) is 0 Å². The van der Waals surface area contributed by atoms with Crippen molar-refractivity contribution < 1.29 is 4.39 Å². The Hall–Kier alpha value is -0.600. The predicted molar refractivity (Wildman–Crippen MR) is 65.3 cm³/mol. The van der Waals surface area contributed by atoms with E-state index < -0.39 is 0 Å². The maximum atomic E-state index is 13.7. The summed E-state index contributed by atoms with van der Waals surface area (Å²) in [7, 11) is 2.14. The Labute approximate surface area is 101 Å². The van der Waals surface area contributed by atoms with E-state index in [-0.39, 0.29) is 10.8 Å². The van der Waals surface area contributed by atoms with Gasteiger partial charge < -0.3 is 4.90 Å². The number of nitrogens with zero attached hydrogens (tertiary/aromatic N) is 1. The van der Waals surface area contributed by atoms with Gasteiger partial charge in [-0.15, -0.1) is 0 Å². The average Bonchev–Trinajstić information content (AvgIpc) is 2.28. The van der Waals surface area contributed by atoms with E-state index in [4.69, 9.17) is 11.6 Å². The molecule has 16 heavy (non-hydrogen) atoms. The number of likely N-dealkylation sites (tertiary alicyclic amines) is 1. The van der Waals surface area contributed by atoms with Crippen LogP contribution in [0.5, 0.6) is 0 Å². The van der Waals surface area contributed by atoms with Gasteiger partial charge >= 0.3 is 0 Å². The molecule has 1 fully saturated rings. The van der Waals surface area contributed by atoms with E-state index >= 15 is 0 Å². The third-order valence-electron chi connectivity index (χ3n) is 3.38. The second-order valence-corrected chi connectivity index (χ2v) is 5.07. The van der Waals surface area contributed by atoms with Crippen LogP contribution in [0.4, 0.5) is 4.39 Å². The van der Waals surface area contributed by atoms with Crippen LogP contribution < -0.4 is 0 Å². The molecule has 0 spiro atoms. The van der Waals surface area contributed by atoms with Crippen LogP contribution >= 0.6 is 11.6 Å². The fourth-order valence-electron chi connectivity index (χ4n) is 2.28. The Morgan fingerprint density at radius 2 is 2.06 bits per heavy atom. The Morgan fingerprint density at radius 3 is 2.75 bits per heavy atom. The van der Waals surface area contributed by atoms with Crippen molar-refractivity contribution in [2.24, 2.45) is 5.92 Å². The van der Waals surface area contributed by atoms with Gasteiger partial charge in [-0.05, 0) is 56.9 Å². The highest BCUT2D eigenvalue weighted by Gasteiger charge is 2.18. The summed E-state index contributed by atoms with van der Waals surface area (Å²) in [5.41, 5.74) is 0.766. The summed E-state index contributed by atoms with van der Waals surface area (Å²) in [6.07, 6.45) is 3.13. The van der Waals surface area contributed by atoms with Gasteiger partial charge in [-0.3, -0.25) is 0 Å². The largest absolute Gasteiger partial charge is 0.306 e. The van der Waals surface area contributed by atoms with Crippen molar-refractivity contribution in [3.8, 4) is 0 Å². The smallest absolute Gasteiger partial charge is 0.144 e. The molecule has 0 saturated carbocycles. The lowest BCUT2D eigenvalue weighted by atomic mass is 9.90. The second-order valence-electron chi connectivity index (χ2n) is 4.66. The Balaban J connectivity index is 2.01. The van der Waals surface area contributed by atoms with Crippen LogP contribution in [0.2, 0.25) is 5.02 Å². The van der Waals surface area contributed by atoms with Crippen LogP contribution in [-0.4, -0.2) is 25.0 Å². The molecule has 0 aromatic heterocycles. The van der Waals surface area contributed by atoms with Gasteiger partial charge in [0, 0.05) is 0 Å². The van der Waals surface area contributed by atoms with Crippen molar-refractivity contribution in [2.75, 3.05) is 20.1 Å². The molecule has 1 nitrogen and oxygen atoms in total. The summed E-state index contributed by atoms with van der Waals surface area (Å²) in [4.78, 5) is 2.32.